The number of benzene rings is 3. The number of allylic oxidation sites excluding steroid dienone is 4. The van der Waals surface area contributed by atoms with Crippen LogP contribution in [0.4, 0.5) is 5.69 Å². The molecular formula is C27H25N. The highest BCUT2D eigenvalue weighted by Crippen LogP contribution is 2.10. The topological polar surface area (TPSA) is 26.0 Å². The van der Waals surface area contributed by atoms with Crippen molar-refractivity contribution in [1.29, 1.82) is 0 Å². The molecule has 0 amide bonds. The number of hydrogen-bond acceptors (Lipinski definition) is 1. The number of aryl methyl sites for hydroxylation is 1. The van der Waals surface area contributed by atoms with Gasteiger partial charge >= 0.3 is 0 Å². The molecular weight excluding hydrogens is 338 g/mol. The van der Waals surface area contributed by atoms with Gasteiger partial charge in [0.2, 0.25) is 0 Å². The van der Waals surface area contributed by atoms with E-state index in [-0.39, 0.29) is 0 Å². The van der Waals surface area contributed by atoms with Crippen LogP contribution >= 0.6 is 0 Å². The molecule has 0 atom stereocenters. The molecule has 0 saturated carbocycles. The maximum Gasteiger partial charge on any atom is 0.0314 e. The minimum Gasteiger partial charge on any atom is -0.399 e. The van der Waals surface area contributed by atoms with E-state index in [1.54, 1.807) is 0 Å². The fraction of sp³-hybridized carbons (Fsp3) is 0.0370. The molecule has 3 aromatic carbocycles. The first-order valence-electron chi connectivity index (χ1n) is 9.41. The van der Waals surface area contributed by atoms with Gasteiger partial charge < -0.3 is 5.73 Å². The number of nitrogens with two attached hydrogens (primary N) is 1. The Kier molecular flexibility index (Phi) is 6.81. The molecule has 0 fully saturated rings. The Morgan fingerprint density at radius 2 is 0.750 bits per heavy atom. The number of anilines is 1. The Morgan fingerprint density at radius 3 is 1.11 bits per heavy atom. The fourth-order valence-electron chi connectivity index (χ4n) is 2.67. The van der Waals surface area contributed by atoms with Crippen LogP contribution in [0.2, 0.25) is 0 Å². The van der Waals surface area contributed by atoms with Crippen molar-refractivity contribution in [3.63, 3.8) is 0 Å². The summed E-state index contributed by atoms with van der Waals surface area (Å²) in [5.41, 5.74) is 12.5. The molecule has 0 aliphatic heterocycles. The average Bonchev–Trinajstić information content (AvgIpc) is 2.72. The van der Waals surface area contributed by atoms with Crippen molar-refractivity contribution in [2.45, 2.75) is 6.92 Å². The zero-order valence-corrected chi connectivity index (χ0v) is 16.1. The third-order valence-corrected chi connectivity index (χ3v) is 4.33. The van der Waals surface area contributed by atoms with Gasteiger partial charge in [-0.05, 0) is 41.3 Å². The van der Waals surface area contributed by atoms with Crippen molar-refractivity contribution in [2.24, 2.45) is 0 Å². The van der Waals surface area contributed by atoms with Gasteiger partial charge in [-0.2, -0.15) is 0 Å². The molecule has 138 valence electrons. The van der Waals surface area contributed by atoms with E-state index < -0.39 is 0 Å². The highest BCUT2D eigenvalue weighted by Gasteiger charge is 1.89. The summed E-state index contributed by atoms with van der Waals surface area (Å²) >= 11 is 0. The van der Waals surface area contributed by atoms with E-state index in [0.717, 1.165) is 11.3 Å². The van der Waals surface area contributed by atoms with E-state index in [1.165, 1.54) is 22.3 Å². The van der Waals surface area contributed by atoms with Crippen molar-refractivity contribution in [3.8, 4) is 0 Å². The van der Waals surface area contributed by atoms with E-state index in [1.807, 2.05) is 36.4 Å². The van der Waals surface area contributed by atoms with Gasteiger partial charge in [0.1, 0.15) is 0 Å². The number of nitrogen functional groups attached to an aromatic ring is 1. The molecule has 0 aliphatic rings. The summed E-state index contributed by atoms with van der Waals surface area (Å²) in [6, 6.07) is 24.8. The van der Waals surface area contributed by atoms with Gasteiger partial charge in [-0.1, -0.05) is 115 Å². The average molecular weight is 364 g/mol. The van der Waals surface area contributed by atoms with Crippen molar-refractivity contribution >= 4 is 30.0 Å². The number of rotatable bonds is 6. The molecule has 1 nitrogen and oxygen atoms in total. The lowest BCUT2D eigenvalue weighted by atomic mass is 10.1. The fourth-order valence-corrected chi connectivity index (χ4v) is 2.67. The van der Waals surface area contributed by atoms with Gasteiger partial charge in [0.05, 0.1) is 0 Å². The Labute approximate surface area is 167 Å². The van der Waals surface area contributed by atoms with E-state index in [9.17, 15) is 0 Å². The van der Waals surface area contributed by atoms with Crippen LogP contribution in [0.1, 0.15) is 27.8 Å². The maximum absolute atomic E-state index is 5.69. The zero-order valence-electron chi connectivity index (χ0n) is 16.1. The Balaban J connectivity index is 1.52. The first kappa shape index (κ1) is 19.2. The van der Waals surface area contributed by atoms with Gasteiger partial charge in [-0.15, -0.1) is 0 Å². The van der Waals surface area contributed by atoms with Crippen LogP contribution in [0.15, 0.2) is 97.1 Å². The van der Waals surface area contributed by atoms with E-state index in [4.69, 9.17) is 5.73 Å². The normalized spacial score (nSPS) is 12.0. The van der Waals surface area contributed by atoms with Crippen LogP contribution in [0.25, 0.3) is 24.3 Å². The lowest BCUT2D eigenvalue weighted by Crippen LogP contribution is -1.82. The molecule has 3 aromatic rings. The summed E-state index contributed by atoms with van der Waals surface area (Å²) in [5, 5.41) is 0. The van der Waals surface area contributed by atoms with E-state index in [0.29, 0.717) is 0 Å². The third kappa shape index (κ3) is 6.30. The molecule has 0 bridgehead atoms. The highest BCUT2D eigenvalue weighted by molar-refractivity contribution is 5.61. The molecule has 0 heterocycles. The second-order valence-corrected chi connectivity index (χ2v) is 6.68. The summed E-state index contributed by atoms with van der Waals surface area (Å²) in [5.74, 6) is 0. The van der Waals surface area contributed by atoms with Gasteiger partial charge in [-0.3, -0.25) is 0 Å². The molecule has 0 spiro atoms. The summed E-state index contributed by atoms with van der Waals surface area (Å²) in [4.78, 5) is 0. The lowest BCUT2D eigenvalue weighted by Gasteiger charge is -1.96. The number of hydrogen-bond donors (Lipinski definition) is 1. The molecule has 0 radical (unpaired) electrons. The van der Waals surface area contributed by atoms with Gasteiger partial charge in [0, 0.05) is 5.69 Å². The van der Waals surface area contributed by atoms with Crippen molar-refractivity contribution < 1.29 is 0 Å². The van der Waals surface area contributed by atoms with E-state index >= 15 is 0 Å². The molecule has 1 heteroatoms. The highest BCUT2D eigenvalue weighted by atomic mass is 14.5. The molecule has 2 N–H and O–H groups in total. The quantitative estimate of drug-likeness (QED) is 0.369. The minimum atomic E-state index is 0.785. The molecule has 0 unspecified atom stereocenters. The largest absolute Gasteiger partial charge is 0.399 e. The van der Waals surface area contributed by atoms with Crippen molar-refractivity contribution in [2.75, 3.05) is 5.73 Å². The summed E-state index contributed by atoms with van der Waals surface area (Å²) in [6.07, 6.45) is 16.6. The SMILES string of the molecule is Cc1ccc(/C=C/C=C/c2ccc(/C=C/C=C/c3ccc(N)cc3)cc2)cc1. The molecule has 3 rings (SSSR count). The Morgan fingerprint density at radius 1 is 0.464 bits per heavy atom. The first-order chi connectivity index (χ1) is 13.7. The monoisotopic (exact) mass is 363 g/mol. The summed E-state index contributed by atoms with van der Waals surface area (Å²) in [7, 11) is 0. The van der Waals surface area contributed by atoms with Gasteiger partial charge in [-0.25, -0.2) is 0 Å². The standard InChI is InChI=1S/C27H25N/c1-22-10-12-23(13-11-22)6-2-3-7-24-14-16-25(17-15-24)8-4-5-9-26-18-20-27(28)21-19-26/h2-21H,28H2,1H3/b6-2+,7-3+,8-4+,9-5+. The first-order valence-corrected chi connectivity index (χ1v) is 9.41. The van der Waals surface area contributed by atoms with Gasteiger partial charge in [0.25, 0.3) is 0 Å². The predicted octanol–water partition coefficient (Wildman–Crippen LogP) is 7.03. The maximum atomic E-state index is 5.69. The van der Waals surface area contributed by atoms with Gasteiger partial charge in [0.15, 0.2) is 0 Å². The van der Waals surface area contributed by atoms with E-state index in [2.05, 4.69) is 91.9 Å². The van der Waals surface area contributed by atoms with Crippen LogP contribution in [0.5, 0.6) is 0 Å². The molecule has 0 saturated heterocycles. The molecule has 0 aliphatic carbocycles. The van der Waals surface area contributed by atoms with Crippen LogP contribution in [-0.2, 0) is 0 Å². The summed E-state index contributed by atoms with van der Waals surface area (Å²) < 4.78 is 0. The van der Waals surface area contributed by atoms with Crippen LogP contribution in [-0.4, -0.2) is 0 Å². The van der Waals surface area contributed by atoms with Crippen molar-refractivity contribution in [1.82, 2.24) is 0 Å². The molecule has 0 aromatic heterocycles. The Hall–Kier alpha value is -3.58. The second-order valence-electron chi connectivity index (χ2n) is 6.68. The van der Waals surface area contributed by atoms with Crippen LogP contribution < -0.4 is 5.73 Å². The Bertz CT molecular complexity index is 899. The second kappa shape index (κ2) is 9.94. The lowest BCUT2D eigenvalue weighted by molar-refractivity contribution is 1.46. The predicted molar refractivity (Wildman–Crippen MR) is 125 cm³/mol. The minimum absolute atomic E-state index is 0.785. The smallest absolute Gasteiger partial charge is 0.0314 e. The van der Waals surface area contributed by atoms with Crippen molar-refractivity contribution in [3.05, 3.63) is 125 Å². The molecule has 28 heavy (non-hydrogen) atoms. The zero-order chi connectivity index (χ0) is 19.6. The van der Waals surface area contributed by atoms with Crippen LogP contribution in [0.3, 0.4) is 0 Å². The third-order valence-electron chi connectivity index (χ3n) is 4.33. The van der Waals surface area contributed by atoms with Crippen LogP contribution in [0, 0.1) is 6.92 Å². The summed E-state index contributed by atoms with van der Waals surface area (Å²) in [6.45, 7) is 2.10.